The van der Waals surface area contributed by atoms with Gasteiger partial charge in [-0.2, -0.15) is 5.26 Å². The first-order chi connectivity index (χ1) is 10.0. The Morgan fingerprint density at radius 3 is 2.71 bits per heavy atom. The van der Waals surface area contributed by atoms with Gasteiger partial charge >= 0.3 is 0 Å². The number of nitriles is 1. The molecule has 1 aliphatic rings. The minimum absolute atomic E-state index is 0.0873. The lowest BCUT2D eigenvalue weighted by Crippen LogP contribution is -2.25. The SMILES string of the molecule is N#Cc1cc(S(=O)(=O)NCCCC2CCCC2)ccc1Cl. The van der Waals surface area contributed by atoms with Crippen molar-refractivity contribution in [3.8, 4) is 6.07 Å². The molecule has 0 unspecified atom stereocenters. The fourth-order valence-corrected chi connectivity index (χ4v) is 4.00. The van der Waals surface area contributed by atoms with Crippen LogP contribution in [0, 0.1) is 17.2 Å². The molecule has 2 rings (SSSR count). The zero-order valence-corrected chi connectivity index (χ0v) is 13.4. The van der Waals surface area contributed by atoms with Crippen LogP contribution in [0.3, 0.4) is 0 Å². The molecule has 0 bridgehead atoms. The largest absolute Gasteiger partial charge is 0.240 e. The van der Waals surface area contributed by atoms with Crippen molar-refractivity contribution < 1.29 is 8.42 Å². The summed E-state index contributed by atoms with van der Waals surface area (Å²) in [6.45, 7) is 0.434. The minimum Gasteiger partial charge on any atom is -0.211 e. The molecule has 1 fully saturated rings. The lowest BCUT2D eigenvalue weighted by molar-refractivity contribution is 0.480. The Morgan fingerprint density at radius 2 is 2.05 bits per heavy atom. The van der Waals surface area contributed by atoms with E-state index < -0.39 is 10.0 Å². The summed E-state index contributed by atoms with van der Waals surface area (Å²) in [5.74, 6) is 0.759. The Hall–Kier alpha value is -1.09. The highest BCUT2D eigenvalue weighted by molar-refractivity contribution is 7.89. The molecule has 0 spiro atoms. The lowest BCUT2D eigenvalue weighted by Gasteiger charge is -2.10. The maximum absolute atomic E-state index is 12.1. The summed E-state index contributed by atoms with van der Waals surface area (Å²) in [6.07, 6.45) is 7.08. The molecule has 1 aromatic rings. The predicted octanol–water partition coefficient (Wildman–Crippen LogP) is 3.46. The first kappa shape index (κ1) is 16.3. The quantitative estimate of drug-likeness (QED) is 0.814. The third kappa shape index (κ3) is 4.44. The molecule has 114 valence electrons. The van der Waals surface area contributed by atoms with Crippen LogP contribution in [-0.2, 0) is 10.0 Å². The van der Waals surface area contributed by atoms with Crippen LogP contribution in [0.5, 0.6) is 0 Å². The zero-order chi connectivity index (χ0) is 15.3. The van der Waals surface area contributed by atoms with E-state index in [0.717, 1.165) is 18.8 Å². The van der Waals surface area contributed by atoms with Gasteiger partial charge in [-0.15, -0.1) is 0 Å². The molecule has 0 aromatic heterocycles. The van der Waals surface area contributed by atoms with Crippen LogP contribution in [-0.4, -0.2) is 15.0 Å². The van der Waals surface area contributed by atoms with E-state index in [1.165, 1.54) is 43.9 Å². The molecule has 4 nitrogen and oxygen atoms in total. The van der Waals surface area contributed by atoms with Gasteiger partial charge in [0.1, 0.15) is 6.07 Å². The van der Waals surface area contributed by atoms with E-state index in [0.29, 0.717) is 6.54 Å². The molecule has 0 heterocycles. The molecule has 0 saturated heterocycles. The van der Waals surface area contributed by atoms with Gasteiger partial charge in [-0.1, -0.05) is 37.3 Å². The van der Waals surface area contributed by atoms with Crippen molar-refractivity contribution in [1.82, 2.24) is 4.72 Å². The molecule has 21 heavy (non-hydrogen) atoms. The molecule has 0 amide bonds. The first-order valence-corrected chi connectivity index (χ1v) is 9.08. The molecular formula is C15H19ClN2O2S. The highest BCUT2D eigenvalue weighted by Gasteiger charge is 2.17. The number of halogens is 1. The summed E-state index contributed by atoms with van der Waals surface area (Å²) in [5.41, 5.74) is 0.172. The number of hydrogen-bond acceptors (Lipinski definition) is 3. The van der Waals surface area contributed by atoms with Gasteiger partial charge in [-0.25, -0.2) is 13.1 Å². The second kappa shape index (κ2) is 7.26. The van der Waals surface area contributed by atoms with Crippen LogP contribution < -0.4 is 4.72 Å². The van der Waals surface area contributed by atoms with Crippen LogP contribution >= 0.6 is 11.6 Å². The van der Waals surface area contributed by atoms with Gasteiger partial charge in [0.2, 0.25) is 10.0 Å². The van der Waals surface area contributed by atoms with E-state index in [4.69, 9.17) is 16.9 Å². The number of nitrogens with zero attached hydrogens (tertiary/aromatic N) is 1. The van der Waals surface area contributed by atoms with Crippen molar-refractivity contribution in [1.29, 1.82) is 5.26 Å². The summed E-state index contributed by atoms with van der Waals surface area (Å²) >= 11 is 5.81. The topological polar surface area (TPSA) is 70.0 Å². The van der Waals surface area contributed by atoms with Crippen LogP contribution in [0.2, 0.25) is 5.02 Å². The van der Waals surface area contributed by atoms with E-state index in [1.54, 1.807) is 0 Å². The van der Waals surface area contributed by atoms with E-state index in [1.807, 2.05) is 6.07 Å². The fraction of sp³-hybridized carbons (Fsp3) is 0.533. The Morgan fingerprint density at radius 1 is 1.33 bits per heavy atom. The van der Waals surface area contributed by atoms with Gasteiger partial charge in [0.25, 0.3) is 0 Å². The van der Waals surface area contributed by atoms with E-state index >= 15 is 0 Å². The molecular weight excluding hydrogens is 308 g/mol. The average Bonchev–Trinajstić information content (AvgIpc) is 2.97. The van der Waals surface area contributed by atoms with Crippen LogP contribution in [0.1, 0.15) is 44.1 Å². The maximum Gasteiger partial charge on any atom is 0.240 e. The Kier molecular flexibility index (Phi) is 5.63. The fourth-order valence-electron chi connectivity index (χ4n) is 2.74. The molecule has 1 N–H and O–H groups in total. The number of sulfonamides is 1. The summed E-state index contributed by atoms with van der Waals surface area (Å²) in [5, 5.41) is 9.16. The monoisotopic (exact) mass is 326 g/mol. The van der Waals surface area contributed by atoms with E-state index in [-0.39, 0.29) is 15.5 Å². The Bertz CT molecular complexity index is 632. The van der Waals surface area contributed by atoms with Crippen LogP contribution in [0.4, 0.5) is 0 Å². The van der Waals surface area contributed by atoms with Crippen LogP contribution in [0.25, 0.3) is 0 Å². The second-order valence-corrected chi connectivity index (χ2v) is 7.62. The molecule has 0 radical (unpaired) electrons. The second-order valence-electron chi connectivity index (χ2n) is 5.44. The minimum atomic E-state index is -3.57. The average molecular weight is 327 g/mol. The Labute approximate surface area is 131 Å². The summed E-state index contributed by atoms with van der Waals surface area (Å²) < 4.78 is 26.9. The predicted molar refractivity (Wildman–Crippen MR) is 82.5 cm³/mol. The van der Waals surface area contributed by atoms with Gasteiger partial charge in [0.15, 0.2) is 0 Å². The lowest BCUT2D eigenvalue weighted by atomic mass is 10.0. The van der Waals surface area contributed by atoms with Crippen molar-refractivity contribution in [2.75, 3.05) is 6.54 Å². The van der Waals surface area contributed by atoms with Crippen LogP contribution in [0.15, 0.2) is 23.1 Å². The highest BCUT2D eigenvalue weighted by atomic mass is 35.5. The molecule has 1 aromatic carbocycles. The van der Waals surface area contributed by atoms with E-state index in [2.05, 4.69) is 4.72 Å². The Balaban J connectivity index is 1.90. The molecule has 0 atom stereocenters. The van der Waals surface area contributed by atoms with Gasteiger partial charge in [0.05, 0.1) is 15.5 Å². The zero-order valence-electron chi connectivity index (χ0n) is 11.8. The normalized spacial score (nSPS) is 16.0. The standard InChI is InChI=1S/C15H19ClN2O2S/c16-15-8-7-14(10-13(15)11-17)21(19,20)18-9-3-6-12-4-1-2-5-12/h7-8,10,12,18H,1-6,9H2. The third-order valence-corrected chi connectivity index (χ3v) is 5.71. The van der Waals surface area contributed by atoms with Gasteiger partial charge in [-0.05, 0) is 37.0 Å². The van der Waals surface area contributed by atoms with Gasteiger partial charge in [-0.3, -0.25) is 0 Å². The first-order valence-electron chi connectivity index (χ1n) is 7.22. The summed E-state index contributed by atoms with van der Waals surface area (Å²) in [7, 11) is -3.57. The number of hydrogen-bond donors (Lipinski definition) is 1. The van der Waals surface area contributed by atoms with Crippen molar-refractivity contribution in [2.45, 2.75) is 43.4 Å². The number of benzene rings is 1. The van der Waals surface area contributed by atoms with Crippen molar-refractivity contribution >= 4 is 21.6 Å². The smallest absolute Gasteiger partial charge is 0.211 e. The van der Waals surface area contributed by atoms with Crippen molar-refractivity contribution in [2.24, 2.45) is 5.92 Å². The van der Waals surface area contributed by atoms with Gasteiger partial charge in [0, 0.05) is 6.54 Å². The summed E-state index contributed by atoms with van der Waals surface area (Å²) in [6, 6.07) is 6.05. The van der Waals surface area contributed by atoms with E-state index in [9.17, 15) is 8.42 Å². The molecule has 0 aliphatic heterocycles. The molecule has 6 heteroatoms. The number of rotatable bonds is 6. The van der Waals surface area contributed by atoms with Crippen molar-refractivity contribution in [3.63, 3.8) is 0 Å². The summed E-state index contributed by atoms with van der Waals surface area (Å²) in [4.78, 5) is 0.0873. The molecule has 1 saturated carbocycles. The third-order valence-electron chi connectivity index (χ3n) is 3.92. The number of nitrogens with one attached hydrogen (secondary N) is 1. The maximum atomic E-state index is 12.1. The van der Waals surface area contributed by atoms with Gasteiger partial charge < -0.3 is 0 Å². The molecule has 1 aliphatic carbocycles. The van der Waals surface area contributed by atoms with Crippen molar-refractivity contribution in [3.05, 3.63) is 28.8 Å². The highest BCUT2D eigenvalue weighted by Crippen LogP contribution is 2.28.